The summed E-state index contributed by atoms with van der Waals surface area (Å²) in [6.45, 7) is 0. The van der Waals surface area contributed by atoms with Crippen LogP contribution in [0.4, 0.5) is 17.1 Å². The maximum Gasteiger partial charge on any atom is 0.146 e. The number of anilines is 3. The summed E-state index contributed by atoms with van der Waals surface area (Å²) in [5.41, 5.74) is 11.4. The maximum atomic E-state index is 5.70. The van der Waals surface area contributed by atoms with Crippen LogP contribution in [-0.2, 0) is 0 Å². The lowest BCUT2D eigenvalue weighted by molar-refractivity contribution is 1.27. The van der Waals surface area contributed by atoms with E-state index in [0.717, 1.165) is 33.7 Å². The van der Waals surface area contributed by atoms with E-state index >= 15 is 0 Å². The van der Waals surface area contributed by atoms with Gasteiger partial charge in [-0.1, -0.05) is 121 Å². The number of hydrogen-bond acceptors (Lipinski definition) is 2. The average molecular weight is 673 g/mol. The first-order valence-electron chi connectivity index (χ1n) is 18.2. The first-order chi connectivity index (χ1) is 26.3. The molecule has 5 heterocycles. The van der Waals surface area contributed by atoms with Crippen LogP contribution in [-0.4, -0.2) is 13.8 Å². The standard InChI is InChI=1S/C49H28N4/c1-3-15-31(16-4-1)51(32-17-5-2-6-18-32)41-24-12-22-36-35-21-11-23-37-45-42(52(46(35)37)47(36)41)28-39-38-27-30-14-8-10-20-34(30)44-43-33-19-9-7-13-29(33)25-26-40(43)53(48(38)44)49(39)50-45/h1-28H. The molecule has 0 bridgehead atoms. The highest BCUT2D eigenvalue weighted by Gasteiger charge is 2.27. The molecule has 53 heavy (non-hydrogen) atoms. The summed E-state index contributed by atoms with van der Waals surface area (Å²) in [6.07, 6.45) is 0. The third-order valence-corrected chi connectivity index (χ3v) is 11.7. The van der Waals surface area contributed by atoms with Crippen molar-refractivity contribution in [1.82, 2.24) is 13.8 Å². The third-order valence-electron chi connectivity index (χ3n) is 11.7. The Morgan fingerprint density at radius 3 is 1.77 bits per heavy atom. The van der Waals surface area contributed by atoms with Gasteiger partial charge in [0.1, 0.15) is 5.65 Å². The second kappa shape index (κ2) is 9.78. The van der Waals surface area contributed by atoms with Gasteiger partial charge in [0.15, 0.2) is 0 Å². The van der Waals surface area contributed by atoms with E-state index < -0.39 is 0 Å². The van der Waals surface area contributed by atoms with Gasteiger partial charge in [0.25, 0.3) is 0 Å². The fourth-order valence-electron chi connectivity index (χ4n) is 9.60. The highest BCUT2D eigenvalue weighted by atomic mass is 15.2. The lowest BCUT2D eigenvalue weighted by Crippen LogP contribution is -2.10. The second-order valence-corrected chi connectivity index (χ2v) is 14.3. The lowest BCUT2D eigenvalue weighted by Gasteiger charge is -2.26. The minimum atomic E-state index is 1.01. The van der Waals surface area contributed by atoms with Crippen LogP contribution in [0.25, 0.3) is 98.0 Å². The van der Waals surface area contributed by atoms with Crippen LogP contribution < -0.4 is 4.90 Å². The van der Waals surface area contributed by atoms with Gasteiger partial charge in [0, 0.05) is 49.1 Å². The summed E-state index contributed by atoms with van der Waals surface area (Å²) >= 11 is 0. The lowest BCUT2D eigenvalue weighted by atomic mass is 9.97. The van der Waals surface area contributed by atoms with E-state index in [9.17, 15) is 0 Å². The Bertz CT molecular complexity index is 3580. The summed E-state index contributed by atoms with van der Waals surface area (Å²) < 4.78 is 4.94. The fraction of sp³-hybridized carbons (Fsp3) is 0. The second-order valence-electron chi connectivity index (χ2n) is 14.3. The molecule has 0 aliphatic rings. The number of para-hydroxylation sites is 4. The Morgan fingerprint density at radius 2 is 1.00 bits per heavy atom. The summed E-state index contributed by atoms with van der Waals surface area (Å²) in [4.78, 5) is 8.09. The zero-order valence-corrected chi connectivity index (χ0v) is 28.5. The molecule has 0 aliphatic carbocycles. The van der Waals surface area contributed by atoms with Crippen molar-refractivity contribution < 1.29 is 0 Å². The van der Waals surface area contributed by atoms with E-state index in [1.165, 1.54) is 81.3 Å². The fourth-order valence-corrected chi connectivity index (χ4v) is 9.60. The molecule has 0 radical (unpaired) electrons. The van der Waals surface area contributed by atoms with E-state index in [-0.39, 0.29) is 0 Å². The first-order valence-corrected chi connectivity index (χ1v) is 18.2. The van der Waals surface area contributed by atoms with Crippen molar-refractivity contribution in [3.8, 4) is 0 Å². The van der Waals surface area contributed by atoms with Gasteiger partial charge in [-0.2, -0.15) is 0 Å². The van der Waals surface area contributed by atoms with E-state index in [0.29, 0.717) is 0 Å². The summed E-state index contributed by atoms with van der Waals surface area (Å²) in [5.74, 6) is 0. The molecule has 4 heteroatoms. The molecule has 0 aliphatic heterocycles. The molecule has 0 amide bonds. The van der Waals surface area contributed by atoms with Crippen LogP contribution in [0.2, 0.25) is 0 Å². The number of pyridine rings is 1. The van der Waals surface area contributed by atoms with Crippen molar-refractivity contribution in [1.29, 1.82) is 0 Å². The van der Waals surface area contributed by atoms with E-state index in [2.05, 4.69) is 184 Å². The number of aromatic nitrogens is 3. The summed E-state index contributed by atoms with van der Waals surface area (Å²) in [6, 6.07) is 61.9. The highest BCUT2D eigenvalue weighted by Crippen LogP contribution is 2.48. The first kappa shape index (κ1) is 27.5. The zero-order valence-electron chi connectivity index (χ0n) is 28.5. The Morgan fingerprint density at radius 1 is 0.377 bits per heavy atom. The maximum absolute atomic E-state index is 5.70. The molecular weight excluding hydrogens is 645 g/mol. The minimum absolute atomic E-state index is 1.01. The molecule has 0 N–H and O–H groups in total. The minimum Gasteiger partial charge on any atom is -0.308 e. The van der Waals surface area contributed by atoms with Gasteiger partial charge in [-0.05, 0) is 70.1 Å². The molecule has 244 valence electrons. The molecule has 5 aromatic heterocycles. The molecule has 13 rings (SSSR count). The van der Waals surface area contributed by atoms with Gasteiger partial charge in [-0.25, -0.2) is 4.98 Å². The molecule has 0 spiro atoms. The molecule has 13 aromatic rings. The SMILES string of the molecule is c1ccc(N(c2ccccc2)c2cccc3c4cccc5c6nc7c(cc6n(c23)c45)c2cc3ccccc3c3c4c5ccccc5ccc4n7c23)cc1. The number of benzene rings is 8. The molecular formula is C49H28N4. The summed E-state index contributed by atoms with van der Waals surface area (Å²) in [7, 11) is 0. The van der Waals surface area contributed by atoms with E-state index in [4.69, 9.17) is 4.98 Å². The van der Waals surface area contributed by atoms with Crippen molar-refractivity contribution in [2.75, 3.05) is 4.90 Å². The third kappa shape index (κ3) is 3.39. The van der Waals surface area contributed by atoms with Gasteiger partial charge < -0.3 is 9.30 Å². The van der Waals surface area contributed by atoms with Crippen LogP contribution in [0.1, 0.15) is 0 Å². The van der Waals surface area contributed by atoms with Crippen molar-refractivity contribution in [2.45, 2.75) is 0 Å². The Kier molecular flexibility index (Phi) is 5.08. The average Bonchev–Trinajstić information content (AvgIpc) is 3.94. The van der Waals surface area contributed by atoms with Crippen molar-refractivity contribution in [3.05, 3.63) is 170 Å². The molecule has 0 saturated heterocycles. The Balaban J connectivity index is 1.23. The molecule has 8 aromatic carbocycles. The predicted octanol–water partition coefficient (Wildman–Crippen LogP) is 13.2. The largest absolute Gasteiger partial charge is 0.308 e. The Labute approximate surface area is 302 Å². The smallest absolute Gasteiger partial charge is 0.146 e. The highest BCUT2D eigenvalue weighted by molar-refractivity contribution is 6.36. The molecule has 0 atom stereocenters. The van der Waals surface area contributed by atoms with Crippen LogP contribution in [0, 0.1) is 0 Å². The quantitative estimate of drug-likeness (QED) is 0.187. The van der Waals surface area contributed by atoms with Crippen molar-refractivity contribution in [2.24, 2.45) is 0 Å². The molecule has 4 nitrogen and oxygen atoms in total. The van der Waals surface area contributed by atoms with Gasteiger partial charge in [0.2, 0.25) is 0 Å². The van der Waals surface area contributed by atoms with Crippen molar-refractivity contribution in [3.63, 3.8) is 0 Å². The van der Waals surface area contributed by atoms with Gasteiger partial charge >= 0.3 is 0 Å². The van der Waals surface area contributed by atoms with Crippen molar-refractivity contribution >= 4 is 115 Å². The topological polar surface area (TPSA) is 25.0 Å². The normalized spacial score (nSPS) is 12.5. The van der Waals surface area contributed by atoms with Crippen LogP contribution in [0.15, 0.2) is 170 Å². The Hall–Kier alpha value is -7.17. The monoisotopic (exact) mass is 672 g/mol. The number of nitrogens with zero attached hydrogens (tertiary/aromatic N) is 4. The van der Waals surface area contributed by atoms with Gasteiger partial charge in [-0.15, -0.1) is 0 Å². The summed E-state index contributed by atoms with van der Waals surface area (Å²) in [5, 5.41) is 13.7. The van der Waals surface area contributed by atoms with Crippen LogP contribution in [0.3, 0.4) is 0 Å². The van der Waals surface area contributed by atoms with E-state index in [1.54, 1.807) is 0 Å². The molecule has 0 fully saturated rings. The van der Waals surface area contributed by atoms with Crippen LogP contribution >= 0.6 is 0 Å². The number of rotatable bonds is 3. The number of hydrogen-bond donors (Lipinski definition) is 0. The van der Waals surface area contributed by atoms with E-state index in [1.807, 2.05) is 0 Å². The molecule has 0 unspecified atom stereocenters. The van der Waals surface area contributed by atoms with Gasteiger partial charge in [0.05, 0.1) is 38.8 Å². The number of fused-ring (bicyclic) bond motifs is 16. The molecule has 0 saturated carbocycles. The van der Waals surface area contributed by atoms with Crippen LogP contribution in [0.5, 0.6) is 0 Å². The van der Waals surface area contributed by atoms with Gasteiger partial charge in [-0.3, -0.25) is 4.40 Å². The zero-order chi connectivity index (χ0) is 34.4. The predicted molar refractivity (Wildman–Crippen MR) is 223 cm³/mol.